The van der Waals surface area contributed by atoms with Crippen molar-refractivity contribution in [1.29, 1.82) is 0 Å². The molecule has 12 heteroatoms. The highest BCUT2D eigenvalue weighted by Gasteiger charge is 2.75. The van der Waals surface area contributed by atoms with Gasteiger partial charge in [0.15, 0.2) is 5.78 Å². The van der Waals surface area contributed by atoms with Gasteiger partial charge < -0.3 is 30.0 Å². The first-order valence-electron chi connectivity index (χ1n) is 14.9. The van der Waals surface area contributed by atoms with Crippen LogP contribution in [0.25, 0.3) is 10.9 Å². The van der Waals surface area contributed by atoms with Crippen LogP contribution in [0, 0.1) is 5.41 Å². The molecule has 6 rings (SSSR count). The first-order valence-corrected chi connectivity index (χ1v) is 14.9. The van der Waals surface area contributed by atoms with Gasteiger partial charge in [0.05, 0.1) is 19.1 Å². The van der Waals surface area contributed by atoms with Gasteiger partial charge in [0.2, 0.25) is 11.8 Å². The molecule has 3 atom stereocenters. The van der Waals surface area contributed by atoms with Crippen LogP contribution in [-0.2, 0) is 25.7 Å². The molecule has 236 valence electrons. The van der Waals surface area contributed by atoms with Gasteiger partial charge in [0.1, 0.15) is 30.1 Å². The monoisotopic (exact) mass is 620 g/mol. The summed E-state index contributed by atoms with van der Waals surface area (Å²) in [5.74, 6) is -4.73. The average molecular weight is 621 g/mol. The first-order chi connectivity index (χ1) is 21.6. The molecule has 2 aliphatic heterocycles. The summed E-state index contributed by atoms with van der Waals surface area (Å²) in [4.78, 5) is 57.6. The molecule has 3 aromatic rings. The number of alkyl halides is 2. The molecule has 1 spiro atoms. The number of nitrogens with one attached hydrogen (secondary N) is 3. The van der Waals surface area contributed by atoms with Gasteiger partial charge in [-0.15, -0.1) is 0 Å². The summed E-state index contributed by atoms with van der Waals surface area (Å²) in [6.45, 7) is -0.0261. The van der Waals surface area contributed by atoms with E-state index in [0.717, 1.165) is 10.5 Å². The van der Waals surface area contributed by atoms with Crippen molar-refractivity contribution in [3.05, 3.63) is 77.5 Å². The molecule has 3 heterocycles. The third-order valence-electron chi connectivity index (χ3n) is 8.85. The molecule has 1 saturated carbocycles. The van der Waals surface area contributed by atoms with Crippen molar-refractivity contribution in [1.82, 2.24) is 20.5 Å². The number of piperidine rings is 1. The number of benzene rings is 2. The predicted octanol–water partition coefficient (Wildman–Crippen LogP) is 3.52. The Kier molecular flexibility index (Phi) is 8.17. The Labute approximate surface area is 258 Å². The second kappa shape index (κ2) is 12.1. The van der Waals surface area contributed by atoms with Crippen LogP contribution in [0.5, 0.6) is 5.75 Å². The first kappa shape index (κ1) is 30.4. The van der Waals surface area contributed by atoms with Gasteiger partial charge in [0, 0.05) is 36.0 Å². The zero-order valence-corrected chi connectivity index (χ0v) is 24.7. The van der Waals surface area contributed by atoms with Gasteiger partial charge in [-0.25, -0.2) is 8.78 Å². The fourth-order valence-electron chi connectivity index (χ4n) is 6.24. The molecule has 1 aromatic heterocycles. The number of aromatic nitrogens is 1. The number of amides is 3. The van der Waals surface area contributed by atoms with Crippen molar-refractivity contribution < 1.29 is 37.4 Å². The maximum absolute atomic E-state index is 14.6. The number of halogens is 2. The normalized spacial score (nSPS) is 23.6. The topological polar surface area (TPSA) is 130 Å². The van der Waals surface area contributed by atoms with Gasteiger partial charge in [-0.1, -0.05) is 36.4 Å². The minimum atomic E-state index is -3.02. The number of hydrogen-bond donors (Lipinski definition) is 3. The summed E-state index contributed by atoms with van der Waals surface area (Å²) in [5, 5.41) is 6.01. The molecule has 2 aromatic carbocycles. The Morgan fingerprint density at radius 3 is 2.64 bits per heavy atom. The minimum Gasteiger partial charge on any atom is -0.496 e. The number of nitrogens with zero attached hydrogens (tertiary/aromatic N) is 1. The highest BCUT2D eigenvalue weighted by atomic mass is 19.3. The summed E-state index contributed by atoms with van der Waals surface area (Å²) in [6.07, 6.45) is 1.77. The Balaban J connectivity index is 1.24. The van der Waals surface area contributed by atoms with Crippen molar-refractivity contribution >= 4 is 34.4 Å². The Morgan fingerprint density at radius 1 is 1.16 bits per heavy atom. The van der Waals surface area contributed by atoms with E-state index in [2.05, 4.69) is 15.6 Å². The lowest BCUT2D eigenvalue weighted by molar-refractivity contribution is -0.131. The van der Waals surface area contributed by atoms with Crippen LogP contribution in [0.1, 0.15) is 41.7 Å². The van der Waals surface area contributed by atoms with Crippen molar-refractivity contribution in [3.63, 3.8) is 0 Å². The van der Waals surface area contributed by atoms with Gasteiger partial charge in [0.25, 0.3) is 11.8 Å². The van der Waals surface area contributed by atoms with Crippen LogP contribution in [0.4, 0.5) is 8.78 Å². The molecule has 45 heavy (non-hydrogen) atoms. The van der Waals surface area contributed by atoms with Crippen molar-refractivity contribution in [3.8, 4) is 5.75 Å². The number of H-pyrrole nitrogens is 1. The zero-order chi connectivity index (χ0) is 31.8. The van der Waals surface area contributed by atoms with Crippen LogP contribution in [0.3, 0.4) is 0 Å². The van der Waals surface area contributed by atoms with Crippen molar-refractivity contribution in [2.75, 3.05) is 26.8 Å². The molecule has 3 amide bonds. The largest absolute Gasteiger partial charge is 0.496 e. The highest BCUT2D eigenvalue weighted by Crippen LogP contribution is 2.66. The second-order valence-electron chi connectivity index (χ2n) is 11.9. The van der Waals surface area contributed by atoms with E-state index in [1.807, 2.05) is 30.3 Å². The zero-order valence-electron chi connectivity index (χ0n) is 24.7. The van der Waals surface area contributed by atoms with E-state index >= 15 is 0 Å². The molecule has 0 radical (unpaired) electrons. The number of carbonyl (C=O) groups excluding carboxylic acids is 4. The van der Waals surface area contributed by atoms with Crippen molar-refractivity contribution in [2.45, 2.75) is 50.3 Å². The predicted molar refractivity (Wildman–Crippen MR) is 160 cm³/mol. The summed E-state index contributed by atoms with van der Waals surface area (Å²) in [5.41, 5.74) is 0.397. The molecule has 3 aliphatic rings. The molecule has 1 aliphatic carbocycles. The van der Waals surface area contributed by atoms with Gasteiger partial charge in [-0.2, -0.15) is 0 Å². The summed E-state index contributed by atoms with van der Waals surface area (Å²) >= 11 is 0. The molecule has 3 fully saturated rings. The van der Waals surface area contributed by atoms with Crippen LogP contribution < -0.4 is 15.4 Å². The Hall–Kier alpha value is -4.58. The van der Waals surface area contributed by atoms with E-state index in [0.29, 0.717) is 41.6 Å². The Bertz CT molecular complexity index is 1670. The fraction of sp³-hybridized carbons (Fsp3) is 0.394. The number of Topliss-reactive ketones (excluding diaryl/α,β-unsaturated/α-hetero) is 1. The number of rotatable bonds is 10. The number of hydrogen-bond acceptors (Lipinski definition) is 6. The lowest BCUT2D eigenvalue weighted by atomic mass is 9.99. The highest BCUT2D eigenvalue weighted by molar-refractivity contribution is 6.03. The lowest BCUT2D eigenvalue weighted by Gasteiger charge is -2.25. The van der Waals surface area contributed by atoms with Crippen molar-refractivity contribution in [2.24, 2.45) is 5.41 Å². The number of ketones is 1. The van der Waals surface area contributed by atoms with E-state index < -0.39 is 47.4 Å². The van der Waals surface area contributed by atoms with Crippen LogP contribution in [-0.4, -0.2) is 78.2 Å². The third kappa shape index (κ3) is 6.06. The molecular formula is C33H34F2N4O6. The van der Waals surface area contributed by atoms with Gasteiger partial charge in [-0.05, 0) is 49.1 Å². The molecule has 2 saturated heterocycles. The number of aromatic amines is 1. The van der Waals surface area contributed by atoms with E-state index in [1.54, 1.807) is 24.3 Å². The second-order valence-corrected chi connectivity index (χ2v) is 11.9. The summed E-state index contributed by atoms with van der Waals surface area (Å²) < 4.78 is 40.3. The molecule has 10 nitrogen and oxygen atoms in total. The van der Waals surface area contributed by atoms with Crippen LogP contribution in [0.15, 0.2) is 66.2 Å². The maximum Gasteiger partial charge on any atom is 0.271 e. The van der Waals surface area contributed by atoms with Gasteiger partial charge >= 0.3 is 0 Å². The molecule has 0 unspecified atom stereocenters. The SMILES string of the molecule is COc1cccc2[nH]c(C(=O)N3C[C@]4(C[C@H]3C(=O)N[C@@H](/C=C3\CCCNC3=O)C(=O)COCc3ccccc3)CC4(F)F)cc12. The summed E-state index contributed by atoms with van der Waals surface area (Å²) in [6, 6.07) is 13.5. The standard InChI is InChI=1S/C33H34F2N4O6/c1-44-28-11-5-10-23-22(28)14-25(37-23)31(43)39-19-32(18-33(32,34)35)15-26(39)30(42)38-24(13-21-9-6-12-36-29(21)41)27(40)17-45-16-20-7-3-2-4-8-20/h2-5,7-8,10-11,13-14,24,26,37H,6,9,12,15-19H2,1H3,(H,36,41)(H,38,42)/b21-13+/t24-,26-,32-/m0/s1. The summed E-state index contributed by atoms with van der Waals surface area (Å²) in [7, 11) is 1.50. The smallest absolute Gasteiger partial charge is 0.271 e. The average Bonchev–Trinajstić information content (AvgIpc) is 3.36. The minimum absolute atomic E-state index is 0.122. The maximum atomic E-state index is 14.6. The lowest BCUT2D eigenvalue weighted by Crippen LogP contribution is -2.51. The van der Waals surface area contributed by atoms with E-state index in [1.165, 1.54) is 13.2 Å². The van der Waals surface area contributed by atoms with E-state index in [9.17, 15) is 28.0 Å². The number of likely N-dealkylation sites (tertiary alicyclic amines) is 1. The molecule has 3 N–H and O–H groups in total. The molecular weight excluding hydrogens is 586 g/mol. The Morgan fingerprint density at radius 2 is 1.93 bits per heavy atom. The number of fused-ring (bicyclic) bond motifs is 1. The van der Waals surface area contributed by atoms with E-state index in [4.69, 9.17) is 9.47 Å². The fourth-order valence-corrected chi connectivity index (χ4v) is 6.24. The van der Waals surface area contributed by atoms with Crippen LogP contribution in [0.2, 0.25) is 0 Å². The number of methoxy groups -OCH3 is 1. The quantitative estimate of drug-likeness (QED) is 0.298. The van der Waals surface area contributed by atoms with Gasteiger partial charge in [-0.3, -0.25) is 19.2 Å². The van der Waals surface area contributed by atoms with E-state index in [-0.39, 0.29) is 37.8 Å². The number of carbonyl (C=O) groups is 4. The van der Waals surface area contributed by atoms with Crippen LogP contribution >= 0.6 is 0 Å². The molecule has 0 bridgehead atoms. The number of ether oxygens (including phenoxy) is 2. The third-order valence-corrected chi connectivity index (χ3v) is 8.85.